The number of carbonyl (C=O) groups excluding carboxylic acids is 2. The van der Waals surface area contributed by atoms with Crippen LogP contribution in [0.3, 0.4) is 0 Å². The van der Waals surface area contributed by atoms with Crippen molar-refractivity contribution in [2.24, 2.45) is 0 Å². The molecule has 0 bridgehead atoms. The Hall–Kier alpha value is -2.24. The molecule has 1 aromatic rings. The third-order valence-electron chi connectivity index (χ3n) is 2.38. The Morgan fingerprint density at radius 1 is 1.29 bits per heavy atom. The van der Waals surface area contributed by atoms with Crippen LogP contribution in [-0.4, -0.2) is 17.9 Å². The van der Waals surface area contributed by atoms with Crippen molar-refractivity contribution in [3.63, 3.8) is 0 Å². The third-order valence-corrected chi connectivity index (χ3v) is 2.38. The molecule has 0 atom stereocenters. The van der Waals surface area contributed by atoms with Gasteiger partial charge in [-0.3, -0.25) is 9.59 Å². The smallest absolute Gasteiger partial charge is 0.308 e. The molecule has 0 unspecified atom stereocenters. The molecule has 0 saturated carbocycles. The van der Waals surface area contributed by atoms with E-state index in [-0.39, 0.29) is 17.7 Å². The Morgan fingerprint density at radius 3 is 2.48 bits per heavy atom. The highest BCUT2D eigenvalue weighted by atomic mass is 19.3. The molecule has 0 aliphatic heterocycles. The topological polar surface area (TPSA) is 55.4 Å². The van der Waals surface area contributed by atoms with E-state index in [4.69, 9.17) is 4.74 Å². The number of hydrogen-bond donors (Lipinski definition) is 1. The Labute approximate surface area is 121 Å². The maximum atomic E-state index is 12.9. The Bertz CT molecular complexity index is 554. The van der Waals surface area contributed by atoms with Crippen LogP contribution in [0.25, 0.3) is 6.08 Å². The van der Waals surface area contributed by atoms with E-state index in [1.54, 1.807) is 0 Å². The second kappa shape index (κ2) is 7.52. The second-order valence-electron chi connectivity index (χ2n) is 4.69. The number of hydrogen-bond acceptors (Lipinski definition) is 3. The van der Waals surface area contributed by atoms with Crippen molar-refractivity contribution in [1.82, 2.24) is 5.32 Å². The molecule has 6 heteroatoms. The van der Waals surface area contributed by atoms with Gasteiger partial charge >= 0.3 is 5.97 Å². The lowest BCUT2D eigenvalue weighted by Gasteiger charge is -2.09. The zero-order valence-corrected chi connectivity index (χ0v) is 12.0. The molecule has 1 amide bonds. The fourth-order valence-corrected chi connectivity index (χ4v) is 1.59. The highest BCUT2D eigenvalue weighted by Gasteiger charge is 2.15. The number of halogens is 2. The van der Waals surface area contributed by atoms with Crippen LogP contribution in [0.1, 0.15) is 38.3 Å². The Balaban J connectivity index is 2.95. The normalized spacial score (nSPS) is 11.2. The molecule has 0 fully saturated rings. The number of benzene rings is 1. The highest BCUT2D eigenvalue weighted by Crippen LogP contribution is 2.30. The molecule has 0 saturated heterocycles. The van der Waals surface area contributed by atoms with Gasteiger partial charge in [0.1, 0.15) is 5.75 Å². The predicted molar refractivity (Wildman–Crippen MR) is 75.0 cm³/mol. The number of alkyl halides is 2. The lowest BCUT2D eigenvalue weighted by Crippen LogP contribution is -2.28. The number of ether oxygens (including phenoxy) is 1. The standard InChI is InChI=1S/C15H17F2NO3/c1-9(2)18-14(20)7-5-11-4-6-13(21-10(3)19)12(8-11)15(16)17/h4-9,15H,1-3H3,(H,18,20). The summed E-state index contributed by atoms with van der Waals surface area (Å²) in [6.07, 6.45) is -0.103. The highest BCUT2D eigenvalue weighted by molar-refractivity contribution is 5.91. The lowest BCUT2D eigenvalue weighted by molar-refractivity contribution is -0.132. The van der Waals surface area contributed by atoms with E-state index in [1.165, 1.54) is 30.4 Å². The van der Waals surface area contributed by atoms with E-state index in [9.17, 15) is 18.4 Å². The first-order valence-corrected chi connectivity index (χ1v) is 6.38. The van der Waals surface area contributed by atoms with Crippen molar-refractivity contribution in [1.29, 1.82) is 0 Å². The Kier molecular flexibility index (Phi) is 6.02. The average Bonchev–Trinajstić information content (AvgIpc) is 2.35. The summed E-state index contributed by atoms with van der Waals surface area (Å²) in [5.74, 6) is -1.16. The first-order valence-electron chi connectivity index (χ1n) is 6.38. The van der Waals surface area contributed by atoms with Gasteiger partial charge in [-0.1, -0.05) is 6.07 Å². The van der Waals surface area contributed by atoms with Crippen LogP contribution in [-0.2, 0) is 9.59 Å². The van der Waals surface area contributed by atoms with Crippen LogP contribution in [0.15, 0.2) is 24.3 Å². The molecule has 114 valence electrons. The van der Waals surface area contributed by atoms with Crippen LogP contribution in [0.5, 0.6) is 5.75 Å². The number of rotatable bonds is 5. The van der Waals surface area contributed by atoms with Crippen molar-refractivity contribution >= 4 is 18.0 Å². The van der Waals surface area contributed by atoms with Gasteiger partial charge in [-0.2, -0.15) is 0 Å². The van der Waals surface area contributed by atoms with Crippen molar-refractivity contribution in [2.45, 2.75) is 33.2 Å². The van der Waals surface area contributed by atoms with E-state index in [0.29, 0.717) is 5.56 Å². The summed E-state index contributed by atoms with van der Waals surface area (Å²) in [4.78, 5) is 22.3. The van der Waals surface area contributed by atoms with E-state index in [0.717, 1.165) is 6.92 Å². The minimum atomic E-state index is -2.78. The van der Waals surface area contributed by atoms with E-state index >= 15 is 0 Å². The first-order chi connectivity index (χ1) is 9.79. The fraction of sp³-hybridized carbons (Fsp3) is 0.333. The van der Waals surface area contributed by atoms with Gasteiger partial charge in [-0.15, -0.1) is 0 Å². The largest absolute Gasteiger partial charge is 0.426 e. The van der Waals surface area contributed by atoms with E-state index in [2.05, 4.69) is 5.32 Å². The summed E-state index contributed by atoms with van der Waals surface area (Å²) in [5.41, 5.74) is 0.0247. The van der Waals surface area contributed by atoms with Crippen molar-refractivity contribution < 1.29 is 23.1 Å². The molecule has 0 aromatic heterocycles. The minimum Gasteiger partial charge on any atom is -0.426 e. The molecule has 0 radical (unpaired) electrons. The molecule has 0 aliphatic rings. The Morgan fingerprint density at radius 2 is 1.95 bits per heavy atom. The average molecular weight is 297 g/mol. The predicted octanol–water partition coefficient (Wildman–Crippen LogP) is 3.09. The summed E-state index contributed by atoms with van der Waals surface area (Å²) in [6, 6.07) is 3.94. The van der Waals surface area contributed by atoms with Crippen molar-refractivity contribution in [3.05, 3.63) is 35.4 Å². The molecule has 0 aliphatic carbocycles. The van der Waals surface area contributed by atoms with Gasteiger partial charge in [0.05, 0.1) is 5.56 Å². The van der Waals surface area contributed by atoms with E-state index < -0.39 is 18.0 Å². The number of esters is 1. The summed E-state index contributed by atoms with van der Waals surface area (Å²) in [5, 5.41) is 2.64. The first kappa shape index (κ1) is 16.8. The molecule has 0 spiro atoms. The van der Waals surface area contributed by atoms with Crippen LogP contribution in [0.2, 0.25) is 0 Å². The second-order valence-corrected chi connectivity index (χ2v) is 4.69. The molecule has 1 rings (SSSR count). The zero-order chi connectivity index (χ0) is 16.0. The lowest BCUT2D eigenvalue weighted by atomic mass is 10.1. The minimum absolute atomic E-state index is 0.00915. The number of amides is 1. The summed E-state index contributed by atoms with van der Waals surface area (Å²) in [6.45, 7) is 4.77. The van der Waals surface area contributed by atoms with Crippen LogP contribution in [0, 0.1) is 0 Å². The van der Waals surface area contributed by atoms with E-state index in [1.807, 2.05) is 13.8 Å². The maximum Gasteiger partial charge on any atom is 0.308 e. The van der Waals surface area contributed by atoms with Gasteiger partial charge in [0.25, 0.3) is 6.43 Å². The van der Waals surface area contributed by atoms with Gasteiger partial charge in [-0.25, -0.2) is 8.78 Å². The van der Waals surface area contributed by atoms with Crippen molar-refractivity contribution in [3.8, 4) is 5.75 Å². The molecule has 21 heavy (non-hydrogen) atoms. The third kappa shape index (κ3) is 5.72. The van der Waals surface area contributed by atoms with Crippen LogP contribution in [0.4, 0.5) is 8.78 Å². The van der Waals surface area contributed by atoms with Crippen LogP contribution >= 0.6 is 0 Å². The molecular weight excluding hydrogens is 280 g/mol. The summed E-state index contributed by atoms with van der Waals surface area (Å²) < 4.78 is 30.6. The zero-order valence-electron chi connectivity index (χ0n) is 12.0. The fourth-order valence-electron chi connectivity index (χ4n) is 1.59. The monoisotopic (exact) mass is 297 g/mol. The molecule has 1 N–H and O–H groups in total. The quantitative estimate of drug-likeness (QED) is 0.516. The molecular formula is C15H17F2NO3. The molecule has 4 nitrogen and oxygen atoms in total. The molecule has 0 heterocycles. The van der Waals surface area contributed by atoms with Crippen molar-refractivity contribution in [2.75, 3.05) is 0 Å². The number of nitrogens with one attached hydrogen (secondary N) is 1. The molecule has 1 aromatic carbocycles. The SMILES string of the molecule is CC(=O)Oc1ccc(C=CC(=O)NC(C)C)cc1C(F)F. The number of carbonyl (C=O) groups is 2. The van der Waals surface area contributed by atoms with Gasteiger partial charge in [-0.05, 0) is 37.6 Å². The summed E-state index contributed by atoms with van der Waals surface area (Å²) >= 11 is 0. The summed E-state index contributed by atoms with van der Waals surface area (Å²) in [7, 11) is 0. The van der Waals surface area contributed by atoms with Gasteiger partial charge in [0, 0.05) is 19.0 Å². The van der Waals surface area contributed by atoms with Crippen LogP contribution < -0.4 is 10.1 Å². The van der Waals surface area contributed by atoms with Gasteiger partial charge in [0.15, 0.2) is 0 Å². The van der Waals surface area contributed by atoms with Gasteiger partial charge < -0.3 is 10.1 Å². The maximum absolute atomic E-state index is 12.9. The van der Waals surface area contributed by atoms with Gasteiger partial charge in [0.2, 0.25) is 5.91 Å².